The van der Waals surface area contributed by atoms with E-state index in [0.717, 1.165) is 48.4 Å². The standard InChI is InChI=1S/C25H31FN4O4/c1-15-21(14-34-27-13-18(33-3)11-24(31)30-8-4-5-9-30)16(2)28-23(15)12-20-19-10-17(26)6-7-22(19)29-25(20)32/h6-7,10,12,18,27-28H,4-5,8-9,11,13-14H2,1-3H3,(H,29,32)/b20-12-. The number of rotatable bonds is 9. The van der Waals surface area contributed by atoms with E-state index in [1.165, 1.54) is 12.1 Å². The van der Waals surface area contributed by atoms with Crippen LogP contribution in [0.1, 0.15) is 47.3 Å². The molecule has 1 aromatic carbocycles. The highest BCUT2D eigenvalue weighted by atomic mass is 19.1. The molecule has 4 rings (SSSR count). The first-order valence-electron chi connectivity index (χ1n) is 11.5. The van der Waals surface area contributed by atoms with Crippen LogP contribution in [0.5, 0.6) is 0 Å². The number of likely N-dealkylation sites (tertiary alicyclic amines) is 1. The van der Waals surface area contributed by atoms with Gasteiger partial charge in [-0.1, -0.05) is 0 Å². The van der Waals surface area contributed by atoms with Gasteiger partial charge in [-0.25, -0.2) is 4.39 Å². The molecule has 3 N–H and O–H groups in total. The van der Waals surface area contributed by atoms with Crippen LogP contribution in [0.25, 0.3) is 11.6 Å². The number of methoxy groups -OCH3 is 1. The summed E-state index contributed by atoms with van der Waals surface area (Å²) in [5, 5.41) is 2.76. The van der Waals surface area contributed by atoms with Gasteiger partial charge < -0.3 is 19.9 Å². The molecule has 0 bridgehead atoms. The van der Waals surface area contributed by atoms with Crippen LogP contribution < -0.4 is 10.8 Å². The molecule has 0 aliphatic carbocycles. The third kappa shape index (κ3) is 5.22. The zero-order chi connectivity index (χ0) is 24.2. The van der Waals surface area contributed by atoms with Crippen molar-refractivity contribution in [1.82, 2.24) is 15.4 Å². The summed E-state index contributed by atoms with van der Waals surface area (Å²) in [6, 6.07) is 4.25. The number of hydrogen-bond acceptors (Lipinski definition) is 5. The minimum absolute atomic E-state index is 0.110. The molecule has 1 unspecified atom stereocenters. The molecular formula is C25H31FN4O4. The third-order valence-electron chi connectivity index (χ3n) is 6.51. The Morgan fingerprint density at radius 3 is 2.79 bits per heavy atom. The zero-order valence-corrected chi connectivity index (χ0v) is 19.8. The van der Waals surface area contributed by atoms with Crippen LogP contribution in [0.2, 0.25) is 0 Å². The van der Waals surface area contributed by atoms with Gasteiger partial charge in [0.15, 0.2) is 0 Å². The Kier molecular flexibility index (Phi) is 7.45. The normalized spacial score (nSPS) is 17.4. The van der Waals surface area contributed by atoms with Gasteiger partial charge in [0, 0.05) is 54.9 Å². The largest absolute Gasteiger partial charge is 0.380 e. The Labute approximate surface area is 198 Å². The average Bonchev–Trinajstić information content (AvgIpc) is 3.51. The molecule has 1 fully saturated rings. The van der Waals surface area contributed by atoms with Gasteiger partial charge in [-0.05, 0) is 56.5 Å². The summed E-state index contributed by atoms with van der Waals surface area (Å²) in [6.45, 7) is 6.21. The number of carbonyl (C=O) groups excluding carboxylic acids is 2. The van der Waals surface area contributed by atoms with Gasteiger partial charge in [0.2, 0.25) is 5.91 Å². The highest BCUT2D eigenvalue weighted by Crippen LogP contribution is 2.34. The molecule has 1 aromatic heterocycles. The molecular weight excluding hydrogens is 439 g/mol. The Bertz CT molecular complexity index is 1100. The van der Waals surface area contributed by atoms with E-state index in [9.17, 15) is 14.0 Å². The number of nitrogens with one attached hydrogen (secondary N) is 3. The predicted octanol–water partition coefficient (Wildman–Crippen LogP) is 3.31. The fraction of sp³-hybridized carbons (Fsp3) is 0.440. The molecule has 0 saturated carbocycles. The summed E-state index contributed by atoms with van der Waals surface area (Å²) in [6.07, 6.45) is 3.91. The summed E-state index contributed by atoms with van der Waals surface area (Å²) in [7, 11) is 1.59. The quantitative estimate of drug-likeness (QED) is 0.297. The molecule has 182 valence electrons. The number of aromatic amines is 1. The first kappa shape index (κ1) is 24.1. The van der Waals surface area contributed by atoms with Gasteiger partial charge in [0.25, 0.3) is 5.91 Å². The molecule has 2 aromatic rings. The molecule has 34 heavy (non-hydrogen) atoms. The number of benzene rings is 1. The Hall–Kier alpha value is -3.01. The molecule has 9 heteroatoms. The van der Waals surface area contributed by atoms with Crippen molar-refractivity contribution >= 4 is 29.2 Å². The minimum atomic E-state index is -0.391. The monoisotopic (exact) mass is 470 g/mol. The summed E-state index contributed by atoms with van der Waals surface area (Å²) >= 11 is 0. The molecule has 2 aliphatic rings. The van der Waals surface area contributed by atoms with Crippen LogP contribution in [0.3, 0.4) is 0 Å². The lowest BCUT2D eigenvalue weighted by molar-refractivity contribution is -0.133. The maximum absolute atomic E-state index is 13.7. The number of ether oxygens (including phenoxy) is 1. The fourth-order valence-corrected chi connectivity index (χ4v) is 4.43. The number of halogens is 1. The topological polar surface area (TPSA) is 95.7 Å². The molecule has 2 amide bonds. The van der Waals surface area contributed by atoms with Crippen molar-refractivity contribution in [2.24, 2.45) is 0 Å². The second-order valence-corrected chi connectivity index (χ2v) is 8.76. The maximum Gasteiger partial charge on any atom is 0.256 e. The Balaban J connectivity index is 1.36. The highest BCUT2D eigenvalue weighted by molar-refractivity contribution is 6.34. The average molecular weight is 471 g/mol. The molecule has 2 aliphatic heterocycles. The maximum atomic E-state index is 13.7. The smallest absolute Gasteiger partial charge is 0.256 e. The Morgan fingerprint density at radius 1 is 1.29 bits per heavy atom. The van der Waals surface area contributed by atoms with Gasteiger partial charge in [0.1, 0.15) is 5.82 Å². The van der Waals surface area contributed by atoms with Crippen molar-refractivity contribution in [2.75, 3.05) is 32.1 Å². The van der Waals surface area contributed by atoms with Crippen LogP contribution in [-0.2, 0) is 25.8 Å². The van der Waals surface area contributed by atoms with Gasteiger partial charge in [0.05, 0.1) is 24.7 Å². The van der Waals surface area contributed by atoms with E-state index >= 15 is 0 Å². The van der Waals surface area contributed by atoms with Crippen molar-refractivity contribution < 1.29 is 23.6 Å². The zero-order valence-electron chi connectivity index (χ0n) is 19.8. The number of nitrogens with zero attached hydrogens (tertiary/aromatic N) is 1. The number of fused-ring (bicyclic) bond motifs is 1. The summed E-state index contributed by atoms with van der Waals surface area (Å²) in [5.41, 5.74) is 8.05. The Morgan fingerprint density at radius 2 is 2.06 bits per heavy atom. The van der Waals surface area contributed by atoms with Gasteiger partial charge in [-0.3, -0.25) is 14.4 Å². The number of amides is 2. The van der Waals surface area contributed by atoms with Crippen molar-refractivity contribution in [2.45, 2.75) is 45.8 Å². The molecule has 1 saturated heterocycles. The van der Waals surface area contributed by atoms with Crippen LogP contribution in [0.4, 0.5) is 10.1 Å². The number of aromatic nitrogens is 1. The molecule has 8 nitrogen and oxygen atoms in total. The number of hydroxylamine groups is 1. The van der Waals surface area contributed by atoms with Gasteiger partial charge in [-0.2, -0.15) is 5.48 Å². The summed E-state index contributed by atoms with van der Waals surface area (Å²) < 4.78 is 19.2. The number of H-pyrrole nitrogens is 1. The lowest BCUT2D eigenvalue weighted by Crippen LogP contribution is -2.36. The highest BCUT2D eigenvalue weighted by Gasteiger charge is 2.25. The van der Waals surface area contributed by atoms with E-state index in [1.54, 1.807) is 19.3 Å². The minimum Gasteiger partial charge on any atom is -0.380 e. The van der Waals surface area contributed by atoms with E-state index in [2.05, 4.69) is 15.8 Å². The fourth-order valence-electron chi connectivity index (χ4n) is 4.43. The summed E-state index contributed by atoms with van der Waals surface area (Å²) in [4.78, 5) is 35.6. The first-order valence-corrected chi connectivity index (χ1v) is 11.5. The van der Waals surface area contributed by atoms with Crippen molar-refractivity contribution in [3.05, 3.63) is 52.1 Å². The SMILES string of the molecule is COC(CNOCc1c(C)[nH]c(/C=C2\C(=O)Nc3ccc(F)cc32)c1C)CC(=O)N1CCCC1. The second kappa shape index (κ2) is 10.5. The van der Waals surface area contributed by atoms with E-state index in [1.807, 2.05) is 18.7 Å². The number of hydrogen-bond donors (Lipinski definition) is 3. The summed E-state index contributed by atoms with van der Waals surface area (Å²) in [5.74, 6) is -0.545. The van der Waals surface area contributed by atoms with Crippen molar-refractivity contribution in [1.29, 1.82) is 0 Å². The van der Waals surface area contributed by atoms with E-state index in [-0.39, 0.29) is 17.9 Å². The van der Waals surface area contributed by atoms with Crippen LogP contribution in [-0.4, -0.2) is 54.5 Å². The molecule has 3 heterocycles. The number of anilines is 1. The first-order chi connectivity index (χ1) is 16.4. The van der Waals surface area contributed by atoms with Crippen molar-refractivity contribution in [3.63, 3.8) is 0 Å². The van der Waals surface area contributed by atoms with Crippen LogP contribution >= 0.6 is 0 Å². The lowest BCUT2D eigenvalue weighted by Gasteiger charge is -2.20. The van der Waals surface area contributed by atoms with Gasteiger partial charge >= 0.3 is 0 Å². The van der Waals surface area contributed by atoms with E-state index in [4.69, 9.17) is 9.57 Å². The predicted molar refractivity (Wildman–Crippen MR) is 127 cm³/mol. The lowest BCUT2D eigenvalue weighted by atomic mass is 10.0. The number of aryl methyl sites for hydroxylation is 1. The molecule has 0 radical (unpaired) electrons. The van der Waals surface area contributed by atoms with E-state index in [0.29, 0.717) is 36.4 Å². The number of carbonyl (C=O) groups is 2. The van der Waals surface area contributed by atoms with Crippen molar-refractivity contribution in [3.8, 4) is 0 Å². The third-order valence-corrected chi connectivity index (χ3v) is 6.51. The van der Waals surface area contributed by atoms with Gasteiger partial charge in [-0.15, -0.1) is 0 Å². The van der Waals surface area contributed by atoms with E-state index < -0.39 is 5.82 Å². The molecule has 1 atom stereocenters. The van der Waals surface area contributed by atoms with Crippen LogP contribution in [0, 0.1) is 19.7 Å². The molecule has 0 spiro atoms. The van der Waals surface area contributed by atoms with Crippen LogP contribution in [0.15, 0.2) is 18.2 Å². The second-order valence-electron chi connectivity index (χ2n) is 8.76.